The number of benzene rings is 1. The van der Waals surface area contributed by atoms with Crippen molar-refractivity contribution in [2.24, 2.45) is 0 Å². The zero-order chi connectivity index (χ0) is 13.5. The van der Waals surface area contributed by atoms with Gasteiger partial charge in [0.25, 0.3) is 0 Å². The number of rotatable bonds is 2. The monoisotopic (exact) mass is 355 g/mol. The summed E-state index contributed by atoms with van der Waals surface area (Å²) in [5.41, 5.74) is 0. The molecule has 1 saturated heterocycles. The number of nitrogens with zero attached hydrogens (tertiary/aromatic N) is 1. The summed E-state index contributed by atoms with van der Waals surface area (Å²) in [4.78, 5) is -0.0336. The van der Waals surface area contributed by atoms with Crippen molar-refractivity contribution in [1.82, 2.24) is 4.31 Å². The van der Waals surface area contributed by atoms with Crippen molar-refractivity contribution in [2.45, 2.75) is 17.1 Å². The van der Waals surface area contributed by atoms with Crippen LogP contribution in [0.1, 0.15) is 0 Å². The lowest BCUT2D eigenvalue weighted by molar-refractivity contribution is 0.0572. The molecule has 1 aliphatic heterocycles. The Morgan fingerprint density at radius 3 is 2.33 bits per heavy atom. The summed E-state index contributed by atoms with van der Waals surface area (Å²) < 4.78 is 26.2. The van der Waals surface area contributed by atoms with Gasteiger partial charge in [-0.05, 0) is 18.2 Å². The Kier molecular flexibility index (Phi) is 4.01. The molecule has 0 radical (unpaired) electrons. The quantitative estimate of drug-likeness (QED) is 0.823. The Morgan fingerprint density at radius 2 is 1.83 bits per heavy atom. The smallest absolute Gasteiger partial charge is 0.244 e. The van der Waals surface area contributed by atoms with Crippen LogP contribution in [0.3, 0.4) is 0 Å². The lowest BCUT2D eigenvalue weighted by Gasteiger charge is -2.16. The fourth-order valence-corrected chi connectivity index (χ4v) is 4.24. The molecular formula is C10H11BrClNO4S. The van der Waals surface area contributed by atoms with Gasteiger partial charge < -0.3 is 10.2 Å². The van der Waals surface area contributed by atoms with Crippen molar-refractivity contribution >= 4 is 37.6 Å². The Bertz CT molecular complexity index is 555. The molecule has 1 aromatic rings. The van der Waals surface area contributed by atoms with Gasteiger partial charge >= 0.3 is 0 Å². The summed E-state index contributed by atoms with van der Waals surface area (Å²) in [5.74, 6) is 0. The summed E-state index contributed by atoms with van der Waals surface area (Å²) >= 11 is 9.10. The van der Waals surface area contributed by atoms with Gasteiger partial charge in [-0.1, -0.05) is 27.5 Å². The molecule has 0 saturated carbocycles. The largest absolute Gasteiger partial charge is 0.389 e. The molecule has 0 aliphatic carbocycles. The van der Waals surface area contributed by atoms with E-state index in [2.05, 4.69) is 15.9 Å². The topological polar surface area (TPSA) is 77.8 Å². The number of aliphatic hydroxyl groups excluding tert-OH is 2. The average molecular weight is 357 g/mol. The van der Waals surface area contributed by atoms with Gasteiger partial charge in [0.2, 0.25) is 10.0 Å². The second-order valence-electron chi connectivity index (χ2n) is 4.03. The van der Waals surface area contributed by atoms with Crippen molar-refractivity contribution in [1.29, 1.82) is 0 Å². The van der Waals surface area contributed by atoms with Crippen LogP contribution in [-0.4, -0.2) is 48.2 Å². The van der Waals surface area contributed by atoms with E-state index in [9.17, 15) is 18.6 Å². The van der Waals surface area contributed by atoms with Gasteiger partial charge in [0.05, 0.1) is 17.2 Å². The Hall–Kier alpha value is -0.180. The highest BCUT2D eigenvalue weighted by molar-refractivity contribution is 9.10. The van der Waals surface area contributed by atoms with Crippen molar-refractivity contribution in [3.63, 3.8) is 0 Å². The third-order valence-electron chi connectivity index (χ3n) is 2.74. The van der Waals surface area contributed by atoms with E-state index in [1.165, 1.54) is 12.1 Å². The van der Waals surface area contributed by atoms with Crippen molar-refractivity contribution in [3.05, 3.63) is 27.7 Å². The minimum Gasteiger partial charge on any atom is -0.389 e. The number of β-amino-alcohol motifs (C(OH)–C–C–N with tert-alkyl or cyclic N) is 2. The molecule has 1 aromatic carbocycles. The SMILES string of the molecule is O=S(=O)(c1ccc(Br)cc1Cl)N1C[C@@H](O)[C@@H](O)C1. The normalized spacial score (nSPS) is 25.6. The van der Waals surface area contributed by atoms with Gasteiger partial charge in [-0.3, -0.25) is 0 Å². The number of halogens is 2. The first-order chi connectivity index (χ1) is 8.32. The standard InChI is InChI=1S/C10H11BrClNO4S/c11-6-1-2-10(7(12)3-6)18(16,17)13-4-8(14)9(15)5-13/h1-3,8-9,14-15H,4-5H2/t8-,9+. The molecule has 0 unspecified atom stereocenters. The molecule has 100 valence electrons. The first kappa shape index (κ1) is 14.2. The molecule has 0 spiro atoms. The van der Waals surface area contributed by atoms with E-state index in [4.69, 9.17) is 11.6 Å². The van der Waals surface area contributed by atoms with Crippen LogP contribution in [-0.2, 0) is 10.0 Å². The molecule has 5 nitrogen and oxygen atoms in total. The molecule has 8 heteroatoms. The van der Waals surface area contributed by atoms with E-state index in [0.717, 1.165) is 4.31 Å². The molecule has 0 aromatic heterocycles. The van der Waals surface area contributed by atoms with Crippen molar-refractivity contribution in [2.75, 3.05) is 13.1 Å². The van der Waals surface area contributed by atoms with Crippen molar-refractivity contribution < 1.29 is 18.6 Å². The number of aliphatic hydroxyl groups is 2. The highest BCUT2D eigenvalue weighted by atomic mass is 79.9. The van der Waals surface area contributed by atoms with E-state index < -0.39 is 22.2 Å². The molecule has 0 bridgehead atoms. The molecule has 2 atom stereocenters. The molecular weight excluding hydrogens is 346 g/mol. The van der Waals surface area contributed by atoms with Gasteiger partial charge in [-0.15, -0.1) is 0 Å². The van der Waals surface area contributed by atoms with Gasteiger partial charge in [-0.2, -0.15) is 4.31 Å². The zero-order valence-electron chi connectivity index (χ0n) is 9.12. The first-order valence-electron chi connectivity index (χ1n) is 5.13. The fourth-order valence-electron chi connectivity index (χ4n) is 1.75. The number of sulfonamides is 1. The summed E-state index contributed by atoms with van der Waals surface area (Å²) in [6.07, 6.45) is -2.12. The fraction of sp³-hybridized carbons (Fsp3) is 0.400. The summed E-state index contributed by atoms with van der Waals surface area (Å²) in [6, 6.07) is 4.44. The van der Waals surface area contributed by atoms with Crippen LogP contribution in [0.4, 0.5) is 0 Å². The highest BCUT2D eigenvalue weighted by Gasteiger charge is 2.38. The summed E-state index contributed by atoms with van der Waals surface area (Å²) in [5, 5.41) is 18.9. The minimum absolute atomic E-state index is 0.0336. The predicted molar refractivity (Wildman–Crippen MR) is 69.9 cm³/mol. The van der Waals surface area contributed by atoms with E-state index in [1.807, 2.05) is 0 Å². The first-order valence-corrected chi connectivity index (χ1v) is 7.75. The number of hydrogen-bond donors (Lipinski definition) is 2. The maximum Gasteiger partial charge on any atom is 0.244 e. The van der Waals surface area contributed by atoms with Gasteiger partial charge in [0.15, 0.2) is 0 Å². The second kappa shape index (κ2) is 5.07. The molecule has 1 heterocycles. The van der Waals surface area contributed by atoms with E-state index in [-0.39, 0.29) is 23.0 Å². The Labute approximate surface area is 118 Å². The molecule has 0 amide bonds. The Balaban J connectivity index is 2.37. The van der Waals surface area contributed by atoms with Gasteiger partial charge in [0.1, 0.15) is 4.90 Å². The molecule has 1 fully saturated rings. The second-order valence-corrected chi connectivity index (χ2v) is 7.26. The van der Waals surface area contributed by atoms with Crippen LogP contribution < -0.4 is 0 Å². The maximum absolute atomic E-state index is 12.3. The van der Waals surface area contributed by atoms with Crippen molar-refractivity contribution in [3.8, 4) is 0 Å². The van der Waals surface area contributed by atoms with E-state index >= 15 is 0 Å². The zero-order valence-corrected chi connectivity index (χ0v) is 12.3. The molecule has 18 heavy (non-hydrogen) atoms. The molecule has 1 aliphatic rings. The Morgan fingerprint density at radius 1 is 1.28 bits per heavy atom. The van der Waals surface area contributed by atoms with Crippen LogP contribution in [0.25, 0.3) is 0 Å². The third kappa shape index (κ3) is 2.56. The van der Waals surface area contributed by atoms with Crippen LogP contribution >= 0.6 is 27.5 Å². The van der Waals surface area contributed by atoms with Gasteiger partial charge in [0, 0.05) is 17.6 Å². The average Bonchev–Trinajstić information content (AvgIpc) is 2.59. The van der Waals surface area contributed by atoms with E-state index in [1.54, 1.807) is 6.07 Å². The molecule has 2 rings (SSSR count). The third-order valence-corrected chi connectivity index (χ3v) is 5.55. The van der Waals surface area contributed by atoms with Crippen LogP contribution in [0.5, 0.6) is 0 Å². The maximum atomic E-state index is 12.3. The van der Waals surface area contributed by atoms with Gasteiger partial charge in [-0.25, -0.2) is 8.42 Å². The van der Waals surface area contributed by atoms with E-state index in [0.29, 0.717) is 4.47 Å². The van der Waals surface area contributed by atoms with Crippen LogP contribution in [0, 0.1) is 0 Å². The summed E-state index contributed by atoms with van der Waals surface area (Å²) in [6.45, 7) is -0.258. The predicted octanol–water partition coefficient (Wildman–Crippen LogP) is 0.829. The lowest BCUT2D eigenvalue weighted by Crippen LogP contribution is -2.30. The highest BCUT2D eigenvalue weighted by Crippen LogP contribution is 2.29. The lowest BCUT2D eigenvalue weighted by atomic mass is 10.3. The minimum atomic E-state index is -3.79. The number of hydrogen-bond acceptors (Lipinski definition) is 4. The molecule has 2 N–H and O–H groups in total. The van der Waals surface area contributed by atoms with Crippen LogP contribution in [0.2, 0.25) is 5.02 Å². The van der Waals surface area contributed by atoms with Crippen LogP contribution in [0.15, 0.2) is 27.6 Å². The summed E-state index contributed by atoms with van der Waals surface area (Å²) in [7, 11) is -3.79.